The van der Waals surface area contributed by atoms with Crippen molar-refractivity contribution in [1.29, 1.82) is 0 Å². The summed E-state index contributed by atoms with van der Waals surface area (Å²) in [7, 11) is 0. The Labute approximate surface area is 362 Å². The molecular weight excluding hydrogens is 767 g/mol. The summed E-state index contributed by atoms with van der Waals surface area (Å²) in [5.74, 6) is 1.46. The second-order valence-electron chi connectivity index (χ2n) is 17.0. The van der Waals surface area contributed by atoms with Crippen LogP contribution >= 0.6 is 0 Å². The molecule has 0 amide bonds. The Balaban J connectivity index is 1.02. The quantitative estimate of drug-likeness (QED) is 0.113. The van der Waals surface area contributed by atoms with Crippen molar-refractivity contribution in [3.05, 3.63) is 202 Å². The highest BCUT2D eigenvalue weighted by Crippen LogP contribution is 2.45. The summed E-state index contributed by atoms with van der Waals surface area (Å²) in [6.45, 7) is 5.72. The average molecular weight is 818 g/mol. The fourth-order valence-electron chi connectivity index (χ4n) is 9.89. The molecule has 0 saturated carbocycles. The molecule has 0 aliphatic carbocycles. The molecule has 8 aromatic rings. The Morgan fingerprint density at radius 3 is 2.05 bits per heavy atom. The van der Waals surface area contributed by atoms with Crippen molar-refractivity contribution in [2.75, 3.05) is 6.54 Å². The van der Waals surface area contributed by atoms with Gasteiger partial charge in [-0.15, -0.1) is 5.10 Å². The first kappa shape index (κ1) is 39.6. The van der Waals surface area contributed by atoms with E-state index in [9.17, 15) is 4.79 Å². The van der Waals surface area contributed by atoms with Crippen molar-refractivity contribution >= 4 is 10.9 Å². The van der Waals surface area contributed by atoms with Gasteiger partial charge in [0.25, 0.3) is 5.56 Å². The Morgan fingerprint density at radius 1 is 0.758 bits per heavy atom. The molecule has 2 aliphatic rings. The van der Waals surface area contributed by atoms with Gasteiger partial charge in [-0.05, 0) is 87.7 Å². The number of hydrogen-bond acceptors (Lipinski definition) is 7. The monoisotopic (exact) mass is 817 g/mol. The van der Waals surface area contributed by atoms with Crippen molar-refractivity contribution in [2.45, 2.75) is 82.5 Å². The van der Waals surface area contributed by atoms with Crippen LogP contribution < -0.4 is 5.56 Å². The lowest BCUT2D eigenvalue weighted by Gasteiger charge is -2.36. The van der Waals surface area contributed by atoms with Gasteiger partial charge < -0.3 is 0 Å². The van der Waals surface area contributed by atoms with Crippen LogP contribution in [0.25, 0.3) is 33.4 Å². The third-order valence-electron chi connectivity index (χ3n) is 13.1. The summed E-state index contributed by atoms with van der Waals surface area (Å²) in [6.07, 6.45) is 7.17. The maximum absolute atomic E-state index is 14.6. The predicted molar refractivity (Wildman–Crippen MR) is 244 cm³/mol. The first-order valence-electron chi connectivity index (χ1n) is 22.1. The zero-order chi connectivity index (χ0) is 42.1. The number of piperidine rings is 1. The number of aryl methyl sites for hydroxylation is 1. The molecule has 2 atom stereocenters. The number of fused-ring (bicyclic) bond motifs is 2. The zero-order valence-corrected chi connectivity index (χ0v) is 35.4. The van der Waals surface area contributed by atoms with E-state index in [0.29, 0.717) is 23.8 Å². The predicted octanol–water partition coefficient (Wildman–Crippen LogP) is 10.4. The first-order chi connectivity index (χ1) is 30.5. The van der Waals surface area contributed by atoms with Crippen LogP contribution in [0.1, 0.15) is 86.0 Å². The third-order valence-corrected chi connectivity index (χ3v) is 13.1. The molecule has 0 spiro atoms. The van der Waals surface area contributed by atoms with Gasteiger partial charge in [0.15, 0.2) is 5.82 Å². The van der Waals surface area contributed by atoms with E-state index in [0.717, 1.165) is 101 Å². The number of nitrogens with zero attached hydrogens (tertiary/aromatic N) is 7. The second-order valence-corrected chi connectivity index (χ2v) is 17.0. The lowest BCUT2D eigenvalue weighted by Crippen LogP contribution is -2.39. The largest absolute Gasteiger partial charge is 0.292 e. The van der Waals surface area contributed by atoms with Crippen molar-refractivity contribution in [2.24, 2.45) is 0 Å². The number of tetrazole rings is 1. The molecule has 0 bridgehead atoms. The highest BCUT2D eigenvalue weighted by atomic mass is 16.7. The summed E-state index contributed by atoms with van der Waals surface area (Å²) in [5, 5.41) is 16.7. The van der Waals surface area contributed by atoms with Gasteiger partial charge in [-0.1, -0.05) is 165 Å². The van der Waals surface area contributed by atoms with Crippen molar-refractivity contribution in [3.8, 4) is 22.5 Å². The minimum Gasteiger partial charge on any atom is -0.292 e. The summed E-state index contributed by atoms with van der Waals surface area (Å²) in [5.41, 5.74) is 7.47. The molecule has 2 aromatic heterocycles. The summed E-state index contributed by atoms with van der Waals surface area (Å²) in [4.78, 5) is 26.3. The minimum atomic E-state index is -0.880. The van der Waals surface area contributed by atoms with Gasteiger partial charge in [-0.3, -0.25) is 14.2 Å². The molecule has 10 rings (SSSR count). The molecular formula is C53H51N7O2. The molecule has 2 saturated heterocycles. The minimum absolute atomic E-state index is 0.0118. The standard InChI is InChI=1S/C53H51N7O2/c1-3-4-27-49-54-48-33-32-43(52(2)36-44-24-16-17-34-59(44)62-52)35-47(48)51(61)58(49)37-38-28-30-39(31-29-38)45-25-14-15-26-46(45)50-55-56-57-60(50)53(40-18-8-5-9-19-40,41-20-10-6-11-21-41)42-22-12-7-13-23-42/h5-15,18-23,25-26,28-33,35,44H,3-4,16-17,24,27,34,36-37H2,1-2H3/t44-,52-/m1/s1. The Hall–Kier alpha value is -6.55. The maximum atomic E-state index is 14.6. The van der Waals surface area contributed by atoms with E-state index in [-0.39, 0.29) is 5.56 Å². The Morgan fingerprint density at radius 2 is 1.40 bits per heavy atom. The average Bonchev–Trinajstić information content (AvgIpc) is 3.96. The molecule has 4 heterocycles. The van der Waals surface area contributed by atoms with Gasteiger partial charge in [0.2, 0.25) is 0 Å². The maximum Gasteiger partial charge on any atom is 0.261 e. The topological polar surface area (TPSA) is 91.0 Å². The number of rotatable bonds is 12. The molecule has 2 aliphatic heterocycles. The Bertz CT molecular complexity index is 2760. The van der Waals surface area contributed by atoms with Crippen molar-refractivity contribution < 1.29 is 4.84 Å². The van der Waals surface area contributed by atoms with Crippen LogP contribution in [0.3, 0.4) is 0 Å². The molecule has 62 heavy (non-hydrogen) atoms. The second kappa shape index (κ2) is 16.7. The lowest BCUT2D eigenvalue weighted by atomic mass is 9.77. The van der Waals surface area contributed by atoms with Crippen molar-refractivity contribution in [3.63, 3.8) is 0 Å². The summed E-state index contributed by atoms with van der Waals surface area (Å²) in [6, 6.07) is 54.8. The van der Waals surface area contributed by atoms with Crippen molar-refractivity contribution in [1.82, 2.24) is 34.8 Å². The van der Waals surface area contributed by atoms with E-state index in [1.807, 2.05) is 45.6 Å². The van der Waals surface area contributed by atoms with Gasteiger partial charge in [0, 0.05) is 31.0 Å². The third kappa shape index (κ3) is 7.05. The van der Waals surface area contributed by atoms with Crippen LogP contribution in [-0.2, 0) is 28.9 Å². The molecule has 6 aromatic carbocycles. The lowest BCUT2D eigenvalue weighted by molar-refractivity contribution is -0.209. The van der Waals surface area contributed by atoms with Crippen LogP contribution in [0.15, 0.2) is 163 Å². The number of aromatic nitrogens is 6. The molecule has 9 heteroatoms. The van der Waals surface area contributed by atoms with E-state index in [1.165, 1.54) is 6.42 Å². The molecule has 9 nitrogen and oxygen atoms in total. The van der Waals surface area contributed by atoms with Gasteiger partial charge in [-0.25, -0.2) is 9.67 Å². The smallest absolute Gasteiger partial charge is 0.261 e. The van der Waals surface area contributed by atoms with Crippen LogP contribution in [0.4, 0.5) is 0 Å². The van der Waals surface area contributed by atoms with Gasteiger partial charge in [-0.2, -0.15) is 5.06 Å². The van der Waals surface area contributed by atoms with Crippen LogP contribution in [0.5, 0.6) is 0 Å². The first-order valence-corrected chi connectivity index (χ1v) is 22.1. The molecule has 0 unspecified atom stereocenters. The van der Waals surface area contributed by atoms with Crippen LogP contribution in [-0.4, -0.2) is 47.4 Å². The van der Waals surface area contributed by atoms with Gasteiger partial charge >= 0.3 is 0 Å². The number of unbranched alkanes of at least 4 members (excludes halogenated alkanes) is 1. The van der Waals surface area contributed by atoms with Crippen LogP contribution in [0.2, 0.25) is 0 Å². The normalized spacial score (nSPS) is 17.9. The van der Waals surface area contributed by atoms with E-state index in [4.69, 9.17) is 20.1 Å². The SMILES string of the molecule is CCCCc1nc2ccc([C@@]3(C)C[C@H]4CCCCN4O3)cc2c(=O)n1Cc1ccc(-c2ccccc2-c2nnnn2C(c2ccccc2)(c2ccccc2)c2ccccc2)cc1. The van der Waals surface area contributed by atoms with Gasteiger partial charge in [0.05, 0.1) is 17.4 Å². The van der Waals surface area contributed by atoms with Crippen LogP contribution in [0, 0.1) is 0 Å². The summed E-state index contributed by atoms with van der Waals surface area (Å²) < 4.78 is 3.86. The van der Waals surface area contributed by atoms with E-state index in [2.05, 4.69) is 145 Å². The molecule has 2 fully saturated rings. The fraction of sp³-hybridized carbons (Fsp3) is 0.264. The number of benzene rings is 6. The van der Waals surface area contributed by atoms with E-state index in [1.54, 1.807) is 0 Å². The fourth-order valence-corrected chi connectivity index (χ4v) is 9.89. The molecule has 0 N–H and O–H groups in total. The molecule has 0 radical (unpaired) electrons. The summed E-state index contributed by atoms with van der Waals surface area (Å²) >= 11 is 0. The number of hydroxylamine groups is 2. The number of hydrogen-bond donors (Lipinski definition) is 0. The Kier molecular flexibility index (Phi) is 10.7. The van der Waals surface area contributed by atoms with E-state index < -0.39 is 11.1 Å². The molecule has 310 valence electrons. The van der Waals surface area contributed by atoms with Gasteiger partial charge in [0.1, 0.15) is 17.0 Å². The highest BCUT2D eigenvalue weighted by Gasteiger charge is 2.45. The highest BCUT2D eigenvalue weighted by molar-refractivity contribution is 5.81. The van der Waals surface area contributed by atoms with E-state index >= 15 is 0 Å². The zero-order valence-electron chi connectivity index (χ0n) is 35.4.